The minimum absolute atomic E-state index is 0.0607. The molecule has 0 saturated carbocycles. The van der Waals surface area contributed by atoms with Gasteiger partial charge in [0.05, 0.1) is 6.26 Å². The molecule has 0 aliphatic carbocycles. The normalized spacial score (nSPS) is 13.8. The Morgan fingerprint density at radius 2 is 1.43 bits per heavy atom. The van der Waals surface area contributed by atoms with Gasteiger partial charge in [-0.1, -0.05) is 18.7 Å². The van der Waals surface area contributed by atoms with Crippen LogP contribution in [0, 0.1) is 0 Å². The molecule has 1 aromatic rings. The summed E-state index contributed by atoms with van der Waals surface area (Å²) in [5.41, 5.74) is 0.584. The van der Waals surface area contributed by atoms with Crippen LogP contribution in [-0.4, -0.2) is 60.4 Å². The van der Waals surface area contributed by atoms with Crippen molar-refractivity contribution >= 4 is 36.1 Å². The molecule has 2 N–H and O–H groups in total. The van der Waals surface area contributed by atoms with E-state index in [1.165, 1.54) is 6.92 Å². The van der Waals surface area contributed by atoms with Gasteiger partial charge in [0, 0.05) is 12.1 Å². The monoisotopic (exact) mass is 576 g/mol. The van der Waals surface area contributed by atoms with Crippen molar-refractivity contribution < 1.29 is 60.6 Å². The lowest BCUT2D eigenvalue weighted by Gasteiger charge is -2.30. The highest BCUT2D eigenvalue weighted by Gasteiger charge is 2.83. The molecule has 0 fully saturated rings. The van der Waals surface area contributed by atoms with Crippen LogP contribution in [0.2, 0.25) is 0 Å². The fourth-order valence-corrected chi connectivity index (χ4v) is 5.56. The zero-order valence-corrected chi connectivity index (χ0v) is 20.1. The molecule has 1 aromatic carbocycles. The van der Waals surface area contributed by atoms with Crippen molar-refractivity contribution in [2.24, 2.45) is 0 Å². The highest BCUT2D eigenvalue weighted by atomic mass is 32.3. The lowest BCUT2D eigenvalue weighted by atomic mass is 10.1. The van der Waals surface area contributed by atoms with Crippen molar-refractivity contribution in [3.63, 3.8) is 0 Å². The van der Waals surface area contributed by atoms with Crippen LogP contribution in [0.25, 0.3) is 0 Å². The van der Waals surface area contributed by atoms with E-state index >= 15 is 0 Å². The van der Waals surface area contributed by atoms with E-state index < -0.39 is 58.3 Å². The first-order chi connectivity index (χ1) is 15.5. The summed E-state index contributed by atoms with van der Waals surface area (Å²) in [7, 11) is -19.2. The van der Waals surface area contributed by atoms with E-state index in [-0.39, 0.29) is 28.9 Å². The second-order valence-electron chi connectivity index (χ2n) is 6.93. The zero-order valence-electron chi connectivity index (χ0n) is 17.7. The minimum atomic E-state index is -7.20. The van der Waals surface area contributed by atoms with Gasteiger partial charge in [-0.25, -0.2) is 16.8 Å². The highest BCUT2D eigenvalue weighted by Crippen LogP contribution is 2.51. The molecule has 0 spiro atoms. The van der Waals surface area contributed by atoms with Crippen LogP contribution < -0.4 is 13.6 Å². The number of rotatable bonds is 12. The smallest absolute Gasteiger partial charge is 0.378 e. The van der Waals surface area contributed by atoms with Gasteiger partial charge in [-0.3, -0.25) is 4.79 Å². The van der Waals surface area contributed by atoms with E-state index in [4.69, 9.17) is 0 Å². The van der Waals surface area contributed by atoms with E-state index in [1.54, 1.807) is 0 Å². The molecular weight excluding hydrogens is 558 g/mol. The lowest BCUT2D eigenvalue weighted by molar-refractivity contribution is -0.245. The molecule has 0 heterocycles. The van der Waals surface area contributed by atoms with Crippen molar-refractivity contribution in [1.29, 1.82) is 0 Å². The van der Waals surface area contributed by atoms with Gasteiger partial charge in [0.25, 0.3) is 10.0 Å². The van der Waals surface area contributed by atoms with Crippen LogP contribution in [0.3, 0.4) is 0 Å². The van der Waals surface area contributed by atoms with E-state index in [2.05, 4.69) is 16.1 Å². The fourth-order valence-electron chi connectivity index (χ4n) is 2.11. The van der Waals surface area contributed by atoms with Crippen molar-refractivity contribution in [1.82, 2.24) is 9.44 Å². The molecular formula is C16H18F6N2O8S3. The Morgan fingerprint density at radius 3 is 1.86 bits per heavy atom. The summed E-state index contributed by atoms with van der Waals surface area (Å²) in [5, 5.41) is -11.3. The van der Waals surface area contributed by atoms with Crippen molar-refractivity contribution in [2.45, 2.75) is 29.8 Å². The maximum Gasteiger partial charge on any atom is 0.450 e. The number of hydrogen-bond acceptors (Lipinski definition) is 8. The maximum atomic E-state index is 14.1. The third kappa shape index (κ3) is 6.64. The molecule has 0 unspecified atom stereocenters. The first-order valence-corrected chi connectivity index (χ1v) is 13.6. The Labute approximate surface area is 196 Å². The quantitative estimate of drug-likeness (QED) is 0.215. The predicted octanol–water partition coefficient (Wildman–Crippen LogP) is 1.33. The molecule has 0 aromatic heterocycles. The zero-order chi connectivity index (χ0) is 27.7. The summed E-state index contributed by atoms with van der Waals surface area (Å²) >= 11 is 0. The van der Waals surface area contributed by atoms with Crippen LogP contribution in [0.1, 0.15) is 12.5 Å². The summed E-state index contributed by atoms with van der Waals surface area (Å²) in [6, 6.07) is 3.54. The van der Waals surface area contributed by atoms with Gasteiger partial charge in [-0.2, -0.15) is 34.8 Å². The standard InChI is InChI=1S/C16H18F6N2O8S3/c1-10(2)13(25)23-9-8-11-4-6-12(7-5-11)32-35(30,31)16(21,22)14(17,18)15(19,20)34(28,29)24-33(3,26)27/h4-7,24H,1,8-9H2,2-3H3,(H,23,25). The second kappa shape index (κ2) is 9.94. The molecule has 0 atom stereocenters. The summed E-state index contributed by atoms with van der Waals surface area (Å²) in [5.74, 6) is -8.70. The highest BCUT2D eigenvalue weighted by molar-refractivity contribution is 8.04. The van der Waals surface area contributed by atoms with Gasteiger partial charge >= 0.3 is 26.5 Å². The van der Waals surface area contributed by atoms with Gasteiger partial charge < -0.3 is 9.50 Å². The van der Waals surface area contributed by atoms with Gasteiger partial charge in [-0.05, 0) is 31.0 Å². The van der Waals surface area contributed by atoms with Crippen LogP contribution in [0.4, 0.5) is 26.3 Å². The van der Waals surface area contributed by atoms with E-state index in [0.29, 0.717) is 17.7 Å². The summed E-state index contributed by atoms with van der Waals surface area (Å²) in [6.07, 6.45) is 0.0759. The summed E-state index contributed by atoms with van der Waals surface area (Å²) in [6.45, 7) is 4.90. The lowest BCUT2D eigenvalue weighted by Crippen LogP contribution is -2.63. The average Bonchev–Trinajstić information content (AvgIpc) is 2.66. The van der Waals surface area contributed by atoms with E-state index in [0.717, 1.165) is 12.1 Å². The van der Waals surface area contributed by atoms with Crippen molar-refractivity contribution in [3.8, 4) is 5.75 Å². The third-order valence-electron chi connectivity index (χ3n) is 3.86. The number of carbonyl (C=O) groups is 1. The molecule has 0 radical (unpaired) electrons. The van der Waals surface area contributed by atoms with E-state index in [1.807, 2.05) is 0 Å². The van der Waals surface area contributed by atoms with Crippen LogP contribution in [-0.2, 0) is 41.4 Å². The molecule has 1 rings (SSSR count). The molecule has 19 heteroatoms. The van der Waals surface area contributed by atoms with Gasteiger partial charge in [0.15, 0.2) is 0 Å². The van der Waals surface area contributed by atoms with Crippen LogP contribution in [0.5, 0.6) is 5.75 Å². The molecule has 0 aliphatic heterocycles. The van der Waals surface area contributed by atoms with Gasteiger partial charge in [0.2, 0.25) is 15.9 Å². The van der Waals surface area contributed by atoms with Crippen molar-refractivity contribution in [3.05, 3.63) is 42.0 Å². The number of nitrogens with one attached hydrogen (secondary N) is 2. The molecule has 200 valence electrons. The molecule has 10 nitrogen and oxygen atoms in total. The minimum Gasteiger partial charge on any atom is -0.378 e. The number of alkyl halides is 6. The Kier molecular flexibility index (Phi) is 8.70. The Hall–Kier alpha value is -2.38. The SMILES string of the molecule is C=C(C)C(=O)NCCc1ccc(OS(=O)(=O)C(F)(F)C(F)(F)C(F)(F)S(=O)(=O)NS(C)(=O)=O)cc1. The summed E-state index contributed by atoms with van der Waals surface area (Å²) < 4.78 is 155. The van der Waals surface area contributed by atoms with Gasteiger partial charge in [0.1, 0.15) is 5.75 Å². The number of hydrogen-bond donors (Lipinski definition) is 2. The second-order valence-corrected chi connectivity index (χ2v) is 12.3. The Balaban J connectivity index is 3.15. The molecule has 0 saturated heterocycles. The van der Waals surface area contributed by atoms with Crippen LogP contribution in [0.15, 0.2) is 36.4 Å². The predicted molar refractivity (Wildman–Crippen MR) is 109 cm³/mol. The van der Waals surface area contributed by atoms with E-state index in [9.17, 15) is 56.4 Å². The Morgan fingerprint density at radius 1 is 0.943 bits per heavy atom. The fraction of sp³-hybridized carbons (Fsp3) is 0.438. The molecule has 1 amide bonds. The number of halogens is 6. The largest absolute Gasteiger partial charge is 0.450 e. The third-order valence-corrected chi connectivity index (χ3v) is 8.18. The molecule has 0 aliphatic rings. The maximum absolute atomic E-state index is 14.1. The molecule has 35 heavy (non-hydrogen) atoms. The number of amides is 1. The number of benzene rings is 1. The van der Waals surface area contributed by atoms with Gasteiger partial charge in [-0.15, -0.1) is 4.13 Å². The molecule has 0 bridgehead atoms. The Bertz CT molecular complexity index is 1300. The first kappa shape index (κ1) is 30.7. The number of sulfonamides is 2. The number of carbonyl (C=O) groups excluding carboxylic acids is 1. The average molecular weight is 577 g/mol. The first-order valence-electron chi connectivity index (χ1n) is 8.82. The summed E-state index contributed by atoms with van der Waals surface area (Å²) in [4.78, 5) is 11.4. The van der Waals surface area contributed by atoms with Crippen LogP contribution >= 0.6 is 0 Å². The topological polar surface area (TPSA) is 153 Å². The van der Waals surface area contributed by atoms with Crippen molar-refractivity contribution in [2.75, 3.05) is 12.8 Å².